The monoisotopic (exact) mass is 380 g/mol. The molecule has 0 bridgehead atoms. The number of halogens is 1. The van der Waals surface area contributed by atoms with E-state index in [4.69, 9.17) is 0 Å². The van der Waals surface area contributed by atoms with Gasteiger partial charge in [-0.1, -0.05) is 18.2 Å². The van der Waals surface area contributed by atoms with Gasteiger partial charge in [0.25, 0.3) is 5.91 Å². The molecular weight excluding hydrogens is 363 g/mol. The molecule has 2 aromatic carbocycles. The van der Waals surface area contributed by atoms with Crippen LogP contribution >= 0.6 is 0 Å². The Hall–Kier alpha value is -3.81. The van der Waals surface area contributed by atoms with Crippen LogP contribution in [-0.4, -0.2) is 21.6 Å². The van der Waals surface area contributed by atoms with Crippen molar-refractivity contribution in [1.29, 1.82) is 0 Å². The summed E-state index contributed by atoms with van der Waals surface area (Å²) in [6.07, 6.45) is 0. The zero-order chi connectivity index (χ0) is 20.3. The number of nitrogens with zero attached hydrogens (tertiary/aromatic N) is 2. The van der Waals surface area contributed by atoms with Crippen LogP contribution in [0.25, 0.3) is 5.69 Å². The standard InChI is InChI=1S/C20H17FN4O3/c1-12-10-18(27)19(24-25(12)17-9-4-3-8-16(17)21)20(28)23-15-7-5-6-14(11-15)22-13(2)26/h3-11H,1-2H3,(H,22,26)(H,23,28). The van der Waals surface area contributed by atoms with Gasteiger partial charge in [0.2, 0.25) is 11.3 Å². The number of para-hydroxylation sites is 1. The maximum Gasteiger partial charge on any atom is 0.280 e. The molecule has 2 amide bonds. The summed E-state index contributed by atoms with van der Waals surface area (Å²) in [5.41, 5.74) is 0.418. The largest absolute Gasteiger partial charge is 0.326 e. The smallest absolute Gasteiger partial charge is 0.280 e. The number of carbonyl (C=O) groups excluding carboxylic acids is 2. The first kappa shape index (κ1) is 19.0. The van der Waals surface area contributed by atoms with Crippen LogP contribution < -0.4 is 16.1 Å². The van der Waals surface area contributed by atoms with Crippen molar-refractivity contribution in [3.05, 3.63) is 82.0 Å². The fraction of sp³-hybridized carbons (Fsp3) is 0.100. The van der Waals surface area contributed by atoms with E-state index in [1.807, 2.05) is 0 Å². The molecule has 3 rings (SSSR count). The molecule has 0 fully saturated rings. The molecule has 7 nitrogen and oxygen atoms in total. The minimum absolute atomic E-state index is 0.127. The highest BCUT2D eigenvalue weighted by Gasteiger charge is 2.17. The van der Waals surface area contributed by atoms with Crippen LogP contribution in [0.2, 0.25) is 0 Å². The Morgan fingerprint density at radius 1 is 1.00 bits per heavy atom. The van der Waals surface area contributed by atoms with Gasteiger partial charge in [-0.25, -0.2) is 9.07 Å². The van der Waals surface area contributed by atoms with Crippen molar-refractivity contribution in [2.24, 2.45) is 0 Å². The van der Waals surface area contributed by atoms with Crippen molar-refractivity contribution in [3.63, 3.8) is 0 Å². The minimum atomic E-state index is -0.741. The third-order valence-corrected chi connectivity index (χ3v) is 3.84. The van der Waals surface area contributed by atoms with Crippen LogP contribution in [0.5, 0.6) is 0 Å². The Bertz CT molecular complexity index is 1120. The van der Waals surface area contributed by atoms with Crippen LogP contribution in [0, 0.1) is 12.7 Å². The Labute approximate surface area is 159 Å². The number of anilines is 2. The lowest BCUT2D eigenvalue weighted by Crippen LogP contribution is -2.27. The van der Waals surface area contributed by atoms with Gasteiger partial charge < -0.3 is 10.6 Å². The highest BCUT2D eigenvalue weighted by Crippen LogP contribution is 2.16. The molecule has 2 N–H and O–H groups in total. The fourth-order valence-electron chi connectivity index (χ4n) is 2.64. The van der Waals surface area contributed by atoms with Gasteiger partial charge in [0, 0.05) is 30.1 Å². The lowest BCUT2D eigenvalue weighted by Gasteiger charge is -2.12. The topological polar surface area (TPSA) is 93.1 Å². The van der Waals surface area contributed by atoms with E-state index in [1.54, 1.807) is 37.3 Å². The average molecular weight is 380 g/mol. The van der Waals surface area contributed by atoms with Crippen LogP contribution in [0.15, 0.2) is 59.4 Å². The summed E-state index contributed by atoms with van der Waals surface area (Å²) in [5.74, 6) is -1.53. The maximum atomic E-state index is 14.1. The number of aromatic nitrogens is 2. The normalized spacial score (nSPS) is 10.4. The molecule has 0 aliphatic heterocycles. The molecule has 28 heavy (non-hydrogen) atoms. The molecule has 0 saturated carbocycles. The summed E-state index contributed by atoms with van der Waals surface area (Å²) >= 11 is 0. The first-order valence-electron chi connectivity index (χ1n) is 8.40. The predicted octanol–water partition coefficient (Wildman–Crippen LogP) is 2.89. The van der Waals surface area contributed by atoms with Crippen LogP contribution in [-0.2, 0) is 4.79 Å². The first-order valence-corrected chi connectivity index (χ1v) is 8.40. The summed E-state index contributed by atoms with van der Waals surface area (Å²) in [5, 5.41) is 9.22. The summed E-state index contributed by atoms with van der Waals surface area (Å²) in [6.45, 7) is 2.96. The molecule has 1 aromatic heterocycles. The van der Waals surface area contributed by atoms with Gasteiger partial charge in [0.1, 0.15) is 11.5 Å². The highest BCUT2D eigenvalue weighted by molar-refractivity contribution is 6.03. The third-order valence-electron chi connectivity index (χ3n) is 3.84. The van der Waals surface area contributed by atoms with E-state index in [-0.39, 0.29) is 17.3 Å². The first-order chi connectivity index (χ1) is 13.3. The summed E-state index contributed by atoms with van der Waals surface area (Å²) in [6, 6.07) is 13.6. The molecule has 3 aromatic rings. The number of rotatable bonds is 4. The van der Waals surface area contributed by atoms with Gasteiger partial charge in [-0.15, -0.1) is 0 Å². The number of hydrogen-bond donors (Lipinski definition) is 2. The minimum Gasteiger partial charge on any atom is -0.326 e. The molecule has 0 unspecified atom stereocenters. The second-order valence-corrected chi connectivity index (χ2v) is 6.08. The van der Waals surface area contributed by atoms with Gasteiger partial charge in [-0.3, -0.25) is 14.4 Å². The molecule has 0 radical (unpaired) electrons. The van der Waals surface area contributed by atoms with E-state index >= 15 is 0 Å². The summed E-state index contributed by atoms with van der Waals surface area (Å²) in [4.78, 5) is 36.0. The van der Waals surface area contributed by atoms with Crippen molar-refractivity contribution in [1.82, 2.24) is 9.78 Å². The summed E-state index contributed by atoms with van der Waals surface area (Å²) < 4.78 is 15.3. The van der Waals surface area contributed by atoms with Gasteiger partial charge in [0.15, 0.2) is 5.69 Å². The quantitative estimate of drug-likeness (QED) is 0.728. The van der Waals surface area contributed by atoms with Crippen molar-refractivity contribution < 1.29 is 14.0 Å². The van der Waals surface area contributed by atoms with E-state index in [2.05, 4.69) is 15.7 Å². The number of aryl methyl sites for hydroxylation is 1. The summed E-state index contributed by atoms with van der Waals surface area (Å²) in [7, 11) is 0. The van der Waals surface area contributed by atoms with Gasteiger partial charge in [-0.2, -0.15) is 5.10 Å². The fourth-order valence-corrected chi connectivity index (χ4v) is 2.64. The molecule has 0 saturated heterocycles. The lowest BCUT2D eigenvalue weighted by molar-refractivity contribution is -0.114. The van der Waals surface area contributed by atoms with E-state index in [0.29, 0.717) is 17.1 Å². The Balaban J connectivity index is 1.94. The maximum absolute atomic E-state index is 14.1. The average Bonchev–Trinajstić information content (AvgIpc) is 2.62. The second-order valence-electron chi connectivity index (χ2n) is 6.08. The van der Waals surface area contributed by atoms with Gasteiger partial charge in [0.05, 0.1) is 0 Å². The number of benzene rings is 2. The Morgan fingerprint density at radius 3 is 2.36 bits per heavy atom. The molecule has 0 atom stereocenters. The zero-order valence-electron chi connectivity index (χ0n) is 15.2. The molecular formula is C20H17FN4O3. The highest BCUT2D eigenvalue weighted by atomic mass is 19.1. The Kier molecular flexibility index (Phi) is 5.30. The van der Waals surface area contributed by atoms with E-state index in [0.717, 1.165) is 0 Å². The van der Waals surface area contributed by atoms with Gasteiger partial charge >= 0.3 is 0 Å². The molecule has 142 valence electrons. The van der Waals surface area contributed by atoms with E-state index < -0.39 is 17.2 Å². The molecule has 1 heterocycles. The molecule has 0 aliphatic carbocycles. The van der Waals surface area contributed by atoms with Gasteiger partial charge in [-0.05, 0) is 37.3 Å². The number of hydrogen-bond acceptors (Lipinski definition) is 4. The SMILES string of the molecule is CC(=O)Nc1cccc(NC(=O)c2nn(-c3ccccc3F)c(C)cc2=O)c1. The molecule has 0 aliphatic rings. The van der Waals surface area contributed by atoms with Crippen molar-refractivity contribution in [2.75, 3.05) is 10.6 Å². The molecule has 8 heteroatoms. The second kappa shape index (κ2) is 7.83. The lowest BCUT2D eigenvalue weighted by atomic mass is 10.2. The van der Waals surface area contributed by atoms with E-state index in [9.17, 15) is 18.8 Å². The van der Waals surface area contributed by atoms with Crippen molar-refractivity contribution in [3.8, 4) is 5.69 Å². The number of carbonyl (C=O) groups is 2. The zero-order valence-corrected chi connectivity index (χ0v) is 15.2. The van der Waals surface area contributed by atoms with Crippen molar-refractivity contribution in [2.45, 2.75) is 13.8 Å². The number of amides is 2. The van der Waals surface area contributed by atoms with Crippen LogP contribution in [0.1, 0.15) is 23.1 Å². The van der Waals surface area contributed by atoms with Crippen LogP contribution in [0.4, 0.5) is 15.8 Å². The number of nitrogens with one attached hydrogen (secondary N) is 2. The predicted molar refractivity (Wildman–Crippen MR) is 103 cm³/mol. The Morgan fingerprint density at radius 2 is 1.68 bits per heavy atom. The van der Waals surface area contributed by atoms with Crippen molar-refractivity contribution >= 4 is 23.2 Å². The van der Waals surface area contributed by atoms with Crippen LogP contribution in [0.3, 0.4) is 0 Å². The third kappa shape index (κ3) is 4.12. The van der Waals surface area contributed by atoms with E-state index in [1.165, 1.54) is 35.9 Å². The molecule has 0 spiro atoms.